The van der Waals surface area contributed by atoms with E-state index in [1.165, 1.54) is 13.1 Å². The lowest BCUT2D eigenvalue weighted by Gasteiger charge is -2.23. The van der Waals surface area contributed by atoms with Gasteiger partial charge in [-0.05, 0) is 41.2 Å². The van der Waals surface area contributed by atoms with Gasteiger partial charge in [-0.1, -0.05) is 50.2 Å². The Bertz CT molecular complexity index is 838. The zero-order valence-electron chi connectivity index (χ0n) is 15.1. The maximum Gasteiger partial charge on any atom is 0.335 e. The van der Waals surface area contributed by atoms with Gasteiger partial charge < -0.3 is 5.11 Å². The highest BCUT2D eigenvalue weighted by Crippen LogP contribution is 2.32. The molecule has 0 aliphatic rings. The molecule has 0 radical (unpaired) electrons. The van der Waals surface area contributed by atoms with Gasteiger partial charge in [-0.15, -0.1) is 0 Å². The van der Waals surface area contributed by atoms with E-state index in [-0.39, 0.29) is 11.5 Å². The van der Waals surface area contributed by atoms with Crippen molar-refractivity contribution in [3.8, 4) is 17.3 Å². The van der Waals surface area contributed by atoms with Crippen molar-refractivity contribution in [3.05, 3.63) is 59.7 Å². The Morgan fingerprint density at radius 2 is 1.77 bits per heavy atom. The van der Waals surface area contributed by atoms with E-state index >= 15 is 0 Å². The number of nitrogens with zero attached hydrogens (tertiary/aromatic N) is 2. The first-order valence-corrected chi connectivity index (χ1v) is 8.45. The third-order valence-corrected chi connectivity index (χ3v) is 4.25. The number of hydrogen-bond acceptors (Lipinski definition) is 3. The Kier molecular flexibility index (Phi) is 6.13. The SMILES string of the molecule is CC(C)CC(C(=O)N(C)C#N)c1cc(-c2ccccc2)ccc1C(=O)O. The molecule has 2 aromatic rings. The van der Waals surface area contributed by atoms with E-state index in [4.69, 9.17) is 5.26 Å². The highest BCUT2D eigenvalue weighted by Gasteiger charge is 2.29. The van der Waals surface area contributed by atoms with Gasteiger partial charge in [0.1, 0.15) is 0 Å². The largest absolute Gasteiger partial charge is 0.478 e. The quantitative estimate of drug-likeness (QED) is 0.627. The molecule has 0 heterocycles. The van der Waals surface area contributed by atoms with Gasteiger partial charge in [-0.2, -0.15) is 5.26 Å². The Balaban J connectivity index is 2.62. The number of hydrogen-bond donors (Lipinski definition) is 1. The van der Waals surface area contributed by atoms with E-state index in [9.17, 15) is 14.7 Å². The molecule has 134 valence electrons. The molecule has 0 spiro atoms. The second-order valence-electron chi connectivity index (χ2n) is 6.65. The van der Waals surface area contributed by atoms with Crippen molar-refractivity contribution in [2.75, 3.05) is 7.05 Å². The number of carbonyl (C=O) groups is 2. The summed E-state index contributed by atoms with van der Waals surface area (Å²) >= 11 is 0. The smallest absolute Gasteiger partial charge is 0.335 e. The normalized spacial score (nSPS) is 11.7. The van der Waals surface area contributed by atoms with Crippen molar-refractivity contribution in [1.29, 1.82) is 5.26 Å². The first-order valence-electron chi connectivity index (χ1n) is 8.45. The number of carbonyl (C=O) groups excluding carboxylic acids is 1. The summed E-state index contributed by atoms with van der Waals surface area (Å²) in [4.78, 5) is 25.4. The zero-order chi connectivity index (χ0) is 19.3. The molecule has 0 bridgehead atoms. The van der Waals surface area contributed by atoms with E-state index in [2.05, 4.69) is 0 Å². The summed E-state index contributed by atoms with van der Waals surface area (Å²) in [5.74, 6) is -2.00. The molecule has 0 saturated carbocycles. The van der Waals surface area contributed by atoms with Crippen molar-refractivity contribution in [2.24, 2.45) is 5.92 Å². The van der Waals surface area contributed by atoms with Gasteiger partial charge in [0, 0.05) is 7.05 Å². The standard InChI is InChI=1S/C21H22N2O3/c1-14(2)11-19(20(24)23(3)13-22)18-12-16(9-10-17(18)21(25)26)15-7-5-4-6-8-15/h4-10,12,14,19H,11H2,1-3H3,(H,25,26). The molecule has 2 aromatic carbocycles. The van der Waals surface area contributed by atoms with Crippen LogP contribution in [0.2, 0.25) is 0 Å². The molecule has 1 atom stereocenters. The van der Waals surface area contributed by atoms with Gasteiger partial charge in [-0.25, -0.2) is 4.79 Å². The topological polar surface area (TPSA) is 81.4 Å². The third kappa shape index (κ3) is 4.28. The van der Waals surface area contributed by atoms with Crippen LogP contribution in [0.5, 0.6) is 0 Å². The van der Waals surface area contributed by atoms with Gasteiger partial charge in [-0.3, -0.25) is 9.69 Å². The van der Waals surface area contributed by atoms with E-state index in [1.807, 2.05) is 50.4 Å². The second kappa shape index (κ2) is 8.30. The lowest BCUT2D eigenvalue weighted by atomic mass is 9.84. The van der Waals surface area contributed by atoms with Crippen LogP contribution in [0.3, 0.4) is 0 Å². The molecule has 0 aliphatic carbocycles. The predicted molar refractivity (Wildman–Crippen MR) is 99.4 cm³/mol. The fourth-order valence-electron chi connectivity index (χ4n) is 2.97. The number of aromatic carboxylic acids is 1. The minimum absolute atomic E-state index is 0.0926. The Morgan fingerprint density at radius 1 is 1.12 bits per heavy atom. The van der Waals surface area contributed by atoms with Gasteiger partial charge in [0.15, 0.2) is 6.19 Å². The Hall–Kier alpha value is -3.13. The Morgan fingerprint density at radius 3 is 2.31 bits per heavy atom. The zero-order valence-corrected chi connectivity index (χ0v) is 15.1. The van der Waals surface area contributed by atoms with E-state index in [1.54, 1.807) is 12.1 Å². The maximum atomic E-state index is 12.7. The molecular formula is C21H22N2O3. The first kappa shape index (κ1) is 19.2. The summed E-state index contributed by atoms with van der Waals surface area (Å²) in [5.41, 5.74) is 2.32. The molecule has 5 nitrogen and oxygen atoms in total. The van der Waals surface area contributed by atoms with E-state index in [0.717, 1.165) is 16.0 Å². The second-order valence-corrected chi connectivity index (χ2v) is 6.65. The average Bonchev–Trinajstić information content (AvgIpc) is 2.64. The van der Waals surface area contributed by atoms with Crippen molar-refractivity contribution in [3.63, 3.8) is 0 Å². The number of carboxylic acid groups (broad SMARTS) is 1. The van der Waals surface area contributed by atoms with Crippen LogP contribution in [-0.2, 0) is 4.79 Å². The monoisotopic (exact) mass is 350 g/mol. The van der Waals surface area contributed by atoms with Crippen LogP contribution >= 0.6 is 0 Å². The third-order valence-electron chi connectivity index (χ3n) is 4.25. The number of likely N-dealkylation sites (N-methyl/N-ethyl adjacent to an activating group) is 1. The lowest BCUT2D eigenvalue weighted by Crippen LogP contribution is -2.29. The number of amides is 1. The van der Waals surface area contributed by atoms with Crippen LogP contribution in [0.25, 0.3) is 11.1 Å². The summed E-state index contributed by atoms with van der Waals surface area (Å²) in [6, 6.07) is 14.6. The minimum atomic E-state index is -1.08. The van der Waals surface area contributed by atoms with Crippen LogP contribution < -0.4 is 0 Å². The highest BCUT2D eigenvalue weighted by atomic mass is 16.4. The van der Waals surface area contributed by atoms with Gasteiger partial charge in [0.2, 0.25) is 5.91 Å². The summed E-state index contributed by atoms with van der Waals surface area (Å²) in [6.45, 7) is 3.93. The fourth-order valence-corrected chi connectivity index (χ4v) is 2.97. The van der Waals surface area contributed by atoms with Crippen molar-refractivity contribution in [2.45, 2.75) is 26.2 Å². The first-order chi connectivity index (χ1) is 12.3. The molecule has 1 unspecified atom stereocenters. The van der Waals surface area contributed by atoms with Crippen molar-refractivity contribution in [1.82, 2.24) is 4.90 Å². The minimum Gasteiger partial charge on any atom is -0.478 e. The molecule has 26 heavy (non-hydrogen) atoms. The molecule has 1 N–H and O–H groups in total. The average molecular weight is 350 g/mol. The molecule has 2 rings (SSSR count). The number of carboxylic acids is 1. The summed E-state index contributed by atoms with van der Waals surface area (Å²) < 4.78 is 0. The molecule has 5 heteroatoms. The van der Waals surface area contributed by atoms with Crippen LogP contribution in [0.1, 0.15) is 42.1 Å². The van der Waals surface area contributed by atoms with Crippen molar-refractivity contribution < 1.29 is 14.7 Å². The summed E-state index contributed by atoms with van der Waals surface area (Å²) in [7, 11) is 1.40. The van der Waals surface area contributed by atoms with Crippen LogP contribution in [0.15, 0.2) is 48.5 Å². The highest BCUT2D eigenvalue weighted by molar-refractivity contribution is 5.94. The molecule has 0 fully saturated rings. The molecule has 0 aliphatic heterocycles. The van der Waals surface area contributed by atoms with Gasteiger partial charge >= 0.3 is 5.97 Å². The number of benzene rings is 2. The fraction of sp³-hybridized carbons (Fsp3) is 0.286. The van der Waals surface area contributed by atoms with Gasteiger partial charge in [0.25, 0.3) is 0 Å². The number of rotatable bonds is 6. The van der Waals surface area contributed by atoms with Crippen LogP contribution in [0.4, 0.5) is 0 Å². The predicted octanol–water partition coefficient (Wildman–Crippen LogP) is 4.12. The number of nitriles is 1. The van der Waals surface area contributed by atoms with Gasteiger partial charge in [0.05, 0.1) is 11.5 Å². The van der Waals surface area contributed by atoms with Crippen molar-refractivity contribution >= 4 is 11.9 Å². The summed E-state index contributed by atoms with van der Waals surface area (Å²) in [5, 5.41) is 18.7. The lowest BCUT2D eigenvalue weighted by molar-refractivity contribution is -0.129. The van der Waals surface area contributed by atoms with Crippen LogP contribution in [0, 0.1) is 17.4 Å². The van der Waals surface area contributed by atoms with E-state index < -0.39 is 17.8 Å². The summed E-state index contributed by atoms with van der Waals surface area (Å²) in [6.07, 6.45) is 2.28. The molecular weight excluding hydrogens is 328 g/mol. The van der Waals surface area contributed by atoms with E-state index in [0.29, 0.717) is 12.0 Å². The maximum absolute atomic E-state index is 12.7. The molecule has 0 aromatic heterocycles. The Labute approximate surface area is 153 Å². The molecule has 0 saturated heterocycles. The van der Waals surface area contributed by atoms with Crippen LogP contribution in [-0.4, -0.2) is 28.9 Å². The molecule has 1 amide bonds.